The average molecular weight is 341 g/mol. The van der Waals surface area contributed by atoms with E-state index in [2.05, 4.69) is 91.8 Å². The first kappa shape index (κ1) is 16.6. The van der Waals surface area contributed by atoms with Gasteiger partial charge in [0.1, 0.15) is 11.5 Å². The lowest BCUT2D eigenvalue weighted by molar-refractivity contribution is 0.415. The molecule has 0 aliphatic carbocycles. The van der Waals surface area contributed by atoms with Crippen LogP contribution in [0.2, 0.25) is 0 Å². The summed E-state index contributed by atoms with van der Waals surface area (Å²) in [6.07, 6.45) is 0. The van der Waals surface area contributed by atoms with Crippen molar-refractivity contribution >= 4 is 5.76 Å². The first-order chi connectivity index (χ1) is 12.7. The monoisotopic (exact) mass is 341 g/mol. The lowest BCUT2D eigenvalue weighted by Gasteiger charge is -2.33. The molecule has 0 bridgehead atoms. The molecule has 130 valence electrons. The number of hydrogen-bond donors (Lipinski definition) is 0. The van der Waals surface area contributed by atoms with Crippen LogP contribution in [0.4, 0.5) is 0 Å². The molecule has 2 nitrogen and oxygen atoms in total. The summed E-state index contributed by atoms with van der Waals surface area (Å²) in [6.45, 7) is 0.845. The summed E-state index contributed by atoms with van der Waals surface area (Å²) in [7, 11) is 4.22. The third kappa shape index (κ3) is 3.16. The first-order valence-corrected chi connectivity index (χ1v) is 8.99. The SMILES string of the molecule is CN(C)CC1=C(c2ccccc2)Oc2ccccc2C1c1ccccc1. The van der Waals surface area contributed by atoms with Crippen molar-refractivity contribution in [3.63, 3.8) is 0 Å². The molecule has 0 amide bonds. The highest BCUT2D eigenvalue weighted by molar-refractivity contribution is 5.72. The Kier molecular flexibility index (Phi) is 4.59. The van der Waals surface area contributed by atoms with Crippen molar-refractivity contribution in [3.05, 3.63) is 107 Å². The normalized spacial score (nSPS) is 16.3. The lowest BCUT2D eigenvalue weighted by atomic mass is 9.81. The first-order valence-electron chi connectivity index (χ1n) is 8.99. The summed E-state index contributed by atoms with van der Waals surface area (Å²) >= 11 is 0. The molecule has 0 fully saturated rings. The Morgan fingerprint density at radius 1 is 0.769 bits per heavy atom. The Morgan fingerprint density at radius 2 is 1.38 bits per heavy atom. The fourth-order valence-corrected chi connectivity index (χ4v) is 3.67. The Balaban J connectivity index is 1.95. The average Bonchev–Trinajstić information content (AvgIpc) is 2.68. The molecule has 0 aromatic heterocycles. The zero-order valence-electron chi connectivity index (χ0n) is 15.2. The molecular formula is C24H23NO. The van der Waals surface area contributed by atoms with Crippen molar-refractivity contribution in [2.45, 2.75) is 5.92 Å². The predicted octanol–water partition coefficient (Wildman–Crippen LogP) is 5.18. The largest absolute Gasteiger partial charge is 0.456 e. The quantitative estimate of drug-likeness (QED) is 0.648. The van der Waals surface area contributed by atoms with Crippen molar-refractivity contribution in [1.82, 2.24) is 4.90 Å². The van der Waals surface area contributed by atoms with Gasteiger partial charge in [0, 0.05) is 23.6 Å². The Labute approximate surface area is 155 Å². The fraction of sp³-hybridized carbons (Fsp3) is 0.167. The number of rotatable bonds is 4. The van der Waals surface area contributed by atoms with Gasteiger partial charge < -0.3 is 9.64 Å². The van der Waals surface area contributed by atoms with Crippen molar-refractivity contribution in [3.8, 4) is 5.75 Å². The molecule has 3 aromatic rings. The summed E-state index contributed by atoms with van der Waals surface area (Å²) in [5.74, 6) is 2.12. The van der Waals surface area contributed by atoms with Gasteiger partial charge in [-0.05, 0) is 31.3 Å². The van der Waals surface area contributed by atoms with E-state index in [0.717, 1.165) is 23.6 Å². The van der Waals surface area contributed by atoms with Crippen LogP contribution in [0, 0.1) is 0 Å². The number of hydrogen-bond acceptors (Lipinski definition) is 2. The molecule has 1 aliphatic rings. The summed E-state index contributed by atoms with van der Waals surface area (Å²) < 4.78 is 6.44. The summed E-state index contributed by atoms with van der Waals surface area (Å²) in [5.41, 5.74) is 4.95. The van der Waals surface area contributed by atoms with Gasteiger partial charge in [0.25, 0.3) is 0 Å². The molecule has 0 radical (unpaired) electrons. The molecule has 1 heterocycles. The molecule has 0 saturated heterocycles. The topological polar surface area (TPSA) is 12.5 Å². The van der Waals surface area contributed by atoms with Crippen molar-refractivity contribution in [2.75, 3.05) is 20.6 Å². The van der Waals surface area contributed by atoms with Crippen LogP contribution in [0.15, 0.2) is 90.5 Å². The standard InChI is InChI=1S/C24H23NO/c1-25(2)17-21-23(18-11-5-3-6-12-18)20-15-9-10-16-22(20)26-24(21)19-13-7-4-8-14-19/h3-16,23H,17H2,1-2H3. The van der Waals surface area contributed by atoms with Gasteiger partial charge in [-0.3, -0.25) is 0 Å². The predicted molar refractivity (Wildman–Crippen MR) is 107 cm³/mol. The molecule has 3 aromatic carbocycles. The molecule has 2 heteroatoms. The van der Waals surface area contributed by atoms with E-state index in [1.807, 2.05) is 12.1 Å². The molecule has 4 rings (SSSR count). The van der Waals surface area contributed by atoms with E-state index in [0.29, 0.717) is 0 Å². The maximum atomic E-state index is 6.44. The second-order valence-electron chi connectivity index (χ2n) is 6.94. The van der Waals surface area contributed by atoms with Crippen molar-refractivity contribution in [2.24, 2.45) is 0 Å². The molecule has 26 heavy (non-hydrogen) atoms. The molecule has 0 saturated carbocycles. The second kappa shape index (κ2) is 7.19. The molecule has 0 spiro atoms. The molecule has 1 atom stereocenters. The van der Waals surface area contributed by atoms with Crippen LogP contribution >= 0.6 is 0 Å². The van der Waals surface area contributed by atoms with Gasteiger partial charge in [-0.1, -0.05) is 78.9 Å². The number of likely N-dealkylation sites (N-methyl/N-ethyl adjacent to an activating group) is 1. The van der Waals surface area contributed by atoms with Crippen LogP contribution in [-0.4, -0.2) is 25.5 Å². The van der Waals surface area contributed by atoms with Gasteiger partial charge in [-0.25, -0.2) is 0 Å². The number of ether oxygens (including phenoxy) is 1. The van der Waals surface area contributed by atoms with Gasteiger partial charge in [-0.2, -0.15) is 0 Å². The van der Waals surface area contributed by atoms with Crippen LogP contribution in [0.3, 0.4) is 0 Å². The zero-order chi connectivity index (χ0) is 17.9. The van der Waals surface area contributed by atoms with Crippen LogP contribution in [0.25, 0.3) is 5.76 Å². The molecule has 1 aliphatic heterocycles. The smallest absolute Gasteiger partial charge is 0.136 e. The van der Waals surface area contributed by atoms with E-state index in [1.54, 1.807) is 0 Å². The minimum atomic E-state index is 0.193. The van der Waals surface area contributed by atoms with Crippen molar-refractivity contribution in [1.29, 1.82) is 0 Å². The number of fused-ring (bicyclic) bond motifs is 1. The van der Waals surface area contributed by atoms with E-state index in [-0.39, 0.29) is 5.92 Å². The van der Waals surface area contributed by atoms with Gasteiger partial charge >= 0.3 is 0 Å². The Morgan fingerprint density at radius 3 is 2.08 bits per heavy atom. The molecular weight excluding hydrogens is 318 g/mol. The highest BCUT2D eigenvalue weighted by atomic mass is 16.5. The van der Waals surface area contributed by atoms with E-state index in [9.17, 15) is 0 Å². The number of para-hydroxylation sites is 1. The maximum absolute atomic E-state index is 6.44. The highest BCUT2D eigenvalue weighted by Crippen LogP contribution is 2.45. The van der Waals surface area contributed by atoms with Crippen LogP contribution in [0.1, 0.15) is 22.6 Å². The lowest BCUT2D eigenvalue weighted by Crippen LogP contribution is -2.25. The number of nitrogens with zero attached hydrogens (tertiary/aromatic N) is 1. The summed E-state index contributed by atoms with van der Waals surface area (Å²) in [5, 5.41) is 0. The molecule has 1 unspecified atom stereocenters. The van der Waals surface area contributed by atoms with Crippen molar-refractivity contribution < 1.29 is 4.74 Å². The fourth-order valence-electron chi connectivity index (χ4n) is 3.67. The highest BCUT2D eigenvalue weighted by Gasteiger charge is 2.31. The Hall–Kier alpha value is -2.84. The van der Waals surface area contributed by atoms with E-state index < -0.39 is 0 Å². The van der Waals surface area contributed by atoms with Gasteiger partial charge in [0.2, 0.25) is 0 Å². The second-order valence-corrected chi connectivity index (χ2v) is 6.94. The third-order valence-electron chi connectivity index (χ3n) is 4.74. The minimum absolute atomic E-state index is 0.193. The Bertz CT molecular complexity index is 913. The van der Waals surface area contributed by atoms with Gasteiger partial charge in [0.05, 0.1) is 0 Å². The summed E-state index contributed by atoms with van der Waals surface area (Å²) in [6, 6.07) is 29.5. The third-order valence-corrected chi connectivity index (χ3v) is 4.74. The van der Waals surface area contributed by atoms with Crippen LogP contribution in [0.5, 0.6) is 5.75 Å². The van der Waals surface area contributed by atoms with Gasteiger partial charge in [-0.15, -0.1) is 0 Å². The maximum Gasteiger partial charge on any atom is 0.136 e. The zero-order valence-corrected chi connectivity index (χ0v) is 15.2. The van der Waals surface area contributed by atoms with Crippen LogP contribution in [-0.2, 0) is 0 Å². The number of benzene rings is 3. The molecule has 0 N–H and O–H groups in total. The van der Waals surface area contributed by atoms with E-state index >= 15 is 0 Å². The van der Waals surface area contributed by atoms with Gasteiger partial charge in [0.15, 0.2) is 0 Å². The summed E-state index contributed by atoms with van der Waals surface area (Å²) in [4.78, 5) is 2.21. The minimum Gasteiger partial charge on any atom is -0.456 e. The van der Waals surface area contributed by atoms with E-state index in [1.165, 1.54) is 16.7 Å². The van der Waals surface area contributed by atoms with Crippen LogP contribution < -0.4 is 4.74 Å². The van der Waals surface area contributed by atoms with E-state index in [4.69, 9.17) is 4.74 Å².